The van der Waals surface area contributed by atoms with Crippen molar-refractivity contribution < 1.29 is 13.4 Å². The maximum absolute atomic E-state index is 14.7. The molecule has 176 valence electrons. The zero-order chi connectivity index (χ0) is 24.2. The van der Waals surface area contributed by atoms with E-state index in [0.29, 0.717) is 30.8 Å². The lowest BCUT2D eigenvalue weighted by molar-refractivity contribution is -0.118. The Morgan fingerprint density at radius 3 is 2.55 bits per heavy atom. The molecular weight excluding hydrogens is 463 g/mol. The molecule has 2 aromatic rings. The zero-order valence-electron chi connectivity index (χ0n) is 18.7. The molecule has 1 N–H and O–H groups in total. The molecular formula is C24H28ClFN4O2S. The van der Waals surface area contributed by atoms with Crippen molar-refractivity contribution in [1.82, 2.24) is 9.31 Å². The van der Waals surface area contributed by atoms with E-state index in [1.165, 1.54) is 22.6 Å². The standard InChI is InChI=1S/C24H28ClFN4O2S/c1-3-15-29(18-31)16-5-4-14-28-30(33(32)21-9-6-19(2)7-10-21)24(12-13-27)22-11-8-20(25)17-23(22)26/h6-14,17-18,27H,3-5,15-16H2,1-2H3/b24-12+,27-13?,28-14+. The van der Waals surface area contributed by atoms with Crippen LogP contribution in [0.3, 0.4) is 0 Å². The van der Waals surface area contributed by atoms with Crippen molar-refractivity contribution in [2.75, 3.05) is 13.1 Å². The van der Waals surface area contributed by atoms with Crippen LogP contribution in [0.25, 0.3) is 5.70 Å². The van der Waals surface area contributed by atoms with E-state index in [1.54, 1.807) is 23.2 Å². The van der Waals surface area contributed by atoms with Crippen LogP contribution < -0.4 is 0 Å². The van der Waals surface area contributed by atoms with Crippen LogP contribution in [0.1, 0.15) is 37.3 Å². The third-order valence-electron chi connectivity index (χ3n) is 4.66. The Bertz CT molecular complexity index is 1030. The second-order valence-corrected chi connectivity index (χ2v) is 9.01. The second kappa shape index (κ2) is 13.6. The maximum atomic E-state index is 14.7. The van der Waals surface area contributed by atoms with Gasteiger partial charge < -0.3 is 10.3 Å². The molecule has 0 saturated heterocycles. The summed E-state index contributed by atoms with van der Waals surface area (Å²) in [5, 5.41) is 12.2. The van der Waals surface area contributed by atoms with E-state index in [4.69, 9.17) is 17.0 Å². The third-order valence-corrected chi connectivity index (χ3v) is 6.17. The quantitative estimate of drug-likeness (QED) is 0.176. The second-order valence-electron chi connectivity index (χ2n) is 7.26. The van der Waals surface area contributed by atoms with Crippen molar-refractivity contribution >= 4 is 47.1 Å². The van der Waals surface area contributed by atoms with E-state index in [9.17, 15) is 13.4 Å². The fourth-order valence-corrected chi connectivity index (χ4v) is 4.22. The van der Waals surface area contributed by atoms with E-state index in [-0.39, 0.29) is 16.3 Å². The molecule has 0 fully saturated rings. The van der Waals surface area contributed by atoms with Gasteiger partial charge in [-0.05, 0) is 62.6 Å². The van der Waals surface area contributed by atoms with E-state index >= 15 is 0 Å². The molecule has 0 radical (unpaired) electrons. The van der Waals surface area contributed by atoms with E-state index in [1.807, 2.05) is 26.0 Å². The Kier molecular flexibility index (Phi) is 10.9. The van der Waals surface area contributed by atoms with Crippen LogP contribution in [0.5, 0.6) is 0 Å². The molecule has 0 aliphatic rings. The van der Waals surface area contributed by atoms with Crippen molar-refractivity contribution in [2.24, 2.45) is 5.10 Å². The highest BCUT2D eigenvalue weighted by Crippen LogP contribution is 2.28. The molecule has 33 heavy (non-hydrogen) atoms. The fourth-order valence-electron chi connectivity index (χ4n) is 3.00. The Balaban J connectivity index is 2.35. The highest BCUT2D eigenvalue weighted by molar-refractivity contribution is 7.83. The largest absolute Gasteiger partial charge is 0.345 e. The van der Waals surface area contributed by atoms with Crippen molar-refractivity contribution in [3.63, 3.8) is 0 Å². The number of nitrogens with zero attached hydrogens (tertiary/aromatic N) is 3. The first kappa shape index (κ1) is 26.4. The number of hydrogen-bond donors (Lipinski definition) is 1. The van der Waals surface area contributed by atoms with Crippen molar-refractivity contribution in [3.8, 4) is 0 Å². The van der Waals surface area contributed by atoms with Crippen molar-refractivity contribution in [1.29, 1.82) is 5.41 Å². The number of unbranched alkanes of at least 4 members (excludes halogenated alkanes) is 1. The minimum atomic E-state index is -1.80. The monoisotopic (exact) mass is 490 g/mol. The number of allylic oxidation sites excluding steroid dienone is 1. The molecule has 1 unspecified atom stereocenters. The molecule has 0 aromatic heterocycles. The number of carbonyl (C=O) groups is 1. The van der Waals surface area contributed by atoms with Gasteiger partial charge in [0.05, 0.1) is 10.6 Å². The van der Waals surface area contributed by atoms with Gasteiger partial charge in [0.2, 0.25) is 6.41 Å². The predicted molar refractivity (Wildman–Crippen MR) is 133 cm³/mol. The van der Waals surface area contributed by atoms with Gasteiger partial charge in [-0.1, -0.05) is 36.2 Å². The fraction of sp³-hybridized carbons (Fsp3) is 0.292. The SMILES string of the molecule is CCCN(C=O)CCC/C=N/N(/C(=C/C=N)c1ccc(Cl)cc1F)S(=O)c1ccc(C)cc1. The van der Waals surface area contributed by atoms with Gasteiger partial charge in [0.25, 0.3) is 0 Å². The summed E-state index contributed by atoms with van der Waals surface area (Å²) in [5.74, 6) is -0.613. The molecule has 9 heteroatoms. The minimum Gasteiger partial charge on any atom is -0.345 e. The first-order valence-corrected chi connectivity index (χ1v) is 12.1. The van der Waals surface area contributed by atoms with Gasteiger partial charge in [-0.25, -0.2) is 8.60 Å². The summed E-state index contributed by atoms with van der Waals surface area (Å²) in [7, 11) is -1.80. The lowest BCUT2D eigenvalue weighted by Gasteiger charge is -2.22. The molecule has 0 aliphatic heterocycles. The first-order chi connectivity index (χ1) is 15.9. The van der Waals surface area contributed by atoms with Gasteiger partial charge in [-0.3, -0.25) is 4.79 Å². The molecule has 0 spiro atoms. The molecule has 0 saturated carbocycles. The number of amides is 1. The third kappa shape index (κ3) is 7.91. The molecule has 2 aromatic carbocycles. The van der Waals surface area contributed by atoms with Crippen LogP contribution in [-0.2, 0) is 15.8 Å². The number of nitrogens with one attached hydrogen (secondary N) is 1. The van der Waals surface area contributed by atoms with Crippen LogP contribution in [0.2, 0.25) is 5.02 Å². The van der Waals surface area contributed by atoms with Gasteiger partial charge in [0, 0.05) is 36.1 Å². The van der Waals surface area contributed by atoms with E-state index in [0.717, 1.165) is 30.7 Å². The zero-order valence-corrected chi connectivity index (χ0v) is 20.3. The smallest absolute Gasteiger partial charge is 0.209 e. The van der Waals surface area contributed by atoms with Gasteiger partial charge in [0.1, 0.15) is 5.82 Å². The number of rotatable bonds is 13. The molecule has 0 aliphatic carbocycles. The average molecular weight is 491 g/mol. The van der Waals surface area contributed by atoms with Crippen molar-refractivity contribution in [3.05, 3.63) is 70.5 Å². The summed E-state index contributed by atoms with van der Waals surface area (Å²) in [6, 6.07) is 11.3. The number of hydrazone groups is 1. The molecule has 6 nitrogen and oxygen atoms in total. The Morgan fingerprint density at radius 1 is 1.21 bits per heavy atom. The predicted octanol–water partition coefficient (Wildman–Crippen LogP) is 5.44. The van der Waals surface area contributed by atoms with Crippen molar-refractivity contribution in [2.45, 2.75) is 38.0 Å². The van der Waals surface area contributed by atoms with Crippen LogP contribution in [0.15, 0.2) is 58.5 Å². The van der Waals surface area contributed by atoms with Gasteiger partial charge in [-0.15, -0.1) is 0 Å². The van der Waals surface area contributed by atoms with E-state index in [2.05, 4.69) is 5.10 Å². The van der Waals surface area contributed by atoms with E-state index < -0.39 is 16.8 Å². The molecule has 2 rings (SSSR count). The lowest BCUT2D eigenvalue weighted by atomic mass is 10.1. The lowest BCUT2D eigenvalue weighted by Crippen LogP contribution is -2.24. The number of benzene rings is 2. The highest BCUT2D eigenvalue weighted by atomic mass is 35.5. The average Bonchev–Trinajstić information content (AvgIpc) is 2.80. The van der Waals surface area contributed by atoms with Gasteiger partial charge in [-0.2, -0.15) is 9.52 Å². The Morgan fingerprint density at radius 2 is 1.94 bits per heavy atom. The Hall–Kier alpha value is -2.84. The summed E-state index contributed by atoms with van der Waals surface area (Å²) in [4.78, 5) is 13.3. The molecule has 0 bridgehead atoms. The van der Waals surface area contributed by atoms with Gasteiger partial charge >= 0.3 is 0 Å². The molecule has 1 atom stereocenters. The van der Waals surface area contributed by atoms with Gasteiger partial charge in [0.15, 0.2) is 11.0 Å². The molecule has 0 heterocycles. The summed E-state index contributed by atoms with van der Waals surface area (Å²) in [5.41, 5.74) is 1.29. The first-order valence-electron chi connectivity index (χ1n) is 10.6. The van der Waals surface area contributed by atoms with Crippen LogP contribution >= 0.6 is 11.6 Å². The van der Waals surface area contributed by atoms with Crippen LogP contribution in [0.4, 0.5) is 4.39 Å². The topological polar surface area (TPSA) is 76.8 Å². The summed E-state index contributed by atoms with van der Waals surface area (Å²) in [6.07, 6.45) is 6.82. The number of halogens is 2. The molecule has 1 amide bonds. The van der Waals surface area contributed by atoms with Crippen LogP contribution in [0, 0.1) is 18.2 Å². The minimum absolute atomic E-state index is 0.121. The summed E-state index contributed by atoms with van der Waals surface area (Å²) in [6.45, 7) is 5.20. The summed E-state index contributed by atoms with van der Waals surface area (Å²) >= 11 is 5.89. The number of carbonyl (C=O) groups excluding carboxylic acids is 1. The van der Waals surface area contributed by atoms with Crippen LogP contribution in [-0.4, -0.2) is 45.5 Å². The summed E-state index contributed by atoms with van der Waals surface area (Å²) < 4.78 is 29.4. The number of aryl methyl sites for hydroxylation is 1. The highest BCUT2D eigenvalue weighted by Gasteiger charge is 2.22. The maximum Gasteiger partial charge on any atom is 0.209 e. The normalized spacial score (nSPS) is 12.5. The Labute approximate surface area is 201 Å². The number of hydrogen-bond acceptors (Lipinski definition) is 4.